The summed E-state index contributed by atoms with van der Waals surface area (Å²) in [7, 11) is 0. The zero-order valence-electron chi connectivity index (χ0n) is 10.6. The van der Waals surface area contributed by atoms with Gasteiger partial charge in [-0.1, -0.05) is 18.5 Å². The van der Waals surface area contributed by atoms with Gasteiger partial charge in [0.2, 0.25) is 11.8 Å². The van der Waals surface area contributed by atoms with E-state index in [9.17, 15) is 9.59 Å². The minimum absolute atomic E-state index is 0.133. The molecule has 2 N–H and O–H groups in total. The largest absolute Gasteiger partial charge is 0.399 e. The second-order valence-electron chi connectivity index (χ2n) is 5.51. The van der Waals surface area contributed by atoms with Gasteiger partial charge >= 0.3 is 0 Å². The Balaban J connectivity index is 2.01. The summed E-state index contributed by atoms with van der Waals surface area (Å²) in [4.78, 5) is 26.0. The fourth-order valence-electron chi connectivity index (χ4n) is 3.22. The molecule has 0 aromatic heterocycles. The fraction of sp³-hybridized carbons (Fsp3) is 0.429. The highest BCUT2D eigenvalue weighted by Crippen LogP contribution is 2.45. The number of benzene rings is 1. The zero-order valence-corrected chi connectivity index (χ0v) is 11.4. The number of hydrogen-bond acceptors (Lipinski definition) is 3. The molecule has 1 saturated carbocycles. The quantitative estimate of drug-likeness (QED) is 0.634. The Morgan fingerprint density at radius 1 is 1.21 bits per heavy atom. The Labute approximate surface area is 116 Å². The number of amides is 2. The summed E-state index contributed by atoms with van der Waals surface area (Å²) in [5.74, 6) is -0.194. The van der Waals surface area contributed by atoms with Crippen LogP contribution >= 0.6 is 11.6 Å². The number of carbonyl (C=O) groups excluding carboxylic acids is 2. The first-order chi connectivity index (χ1) is 8.99. The summed E-state index contributed by atoms with van der Waals surface area (Å²) in [6.07, 6.45) is 1.57. The standard InChI is InChI=1S/C14H15ClN2O2/c1-7-4-9-10(5-7)14(19)17(13(9)18)12-6-8(16)2-3-11(12)15/h2-3,6-7,9-10H,4-5,16H2,1H3. The van der Waals surface area contributed by atoms with E-state index >= 15 is 0 Å². The Kier molecular flexibility index (Phi) is 2.78. The van der Waals surface area contributed by atoms with E-state index in [2.05, 4.69) is 6.92 Å². The van der Waals surface area contributed by atoms with Crippen LogP contribution < -0.4 is 10.6 Å². The second-order valence-corrected chi connectivity index (χ2v) is 5.92. The minimum atomic E-state index is -0.181. The first-order valence-electron chi connectivity index (χ1n) is 6.42. The van der Waals surface area contributed by atoms with Crippen molar-refractivity contribution in [2.24, 2.45) is 17.8 Å². The van der Waals surface area contributed by atoms with Crippen molar-refractivity contribution in [3.8, 4) is 0 Å². The third-order valence-corrected chi connectivity index (χ3v) is 4.40. The van der Waals surface area contributed by atoms with Gasteiger partial charge in [-0.25, -0.2) is 4.90 Å². The fourth-order valence-corrected chi connectivity index (χ4v) is 3.42. The van der Waals surface area contributed by atoms with Crippen LogP contribution in [0.25, 0.3) is 0 Å². The molecule has 1 aliphatic carbocycles. The van der Waals surface area contributed by atoms with E-state index in [1.807, 2.05) is 0 Å². The number of nitrogens with zero attached hydrogens (tertiary/aromatic N) is 1. The summed E-state index contributed by atoms with van der Waals surface area (Å²) < 4.78 is 0. The number of anilines is 2. The summed E-state index contributed by atoms with van der Waals surface area (Å²) in [5, 5.41) is 0.379. The molecule has 0 radical (unpaired) electrons. The van der Waals surface area contributed by atoms with Gasteiger partial charge in [0.25, 0.3) is 0 Å². The number of fused-ring (bicyclic) bond motifs is 1. The van der Waals surface area contributed by atoms with E-state index in [0.29, 0.717) is 22.3 Å². The molecule has 0 bridgehead atoms. The highest BCUT2D eigenvalue weighted by molar-refractivity contribution is 6.36. The van der Waals surface area contributed by atoms with Gasteiger partial charge in [-0.3, -0.25) is 9.59 Å². The molecule has 3 rings (SSSR count). The molecule has 2 unspecified atom stereocenters. The van der Waals surface area contributed by atoms with Gasteiger partial charge in [0.15, 0.2) is 0 Å². The van der Waals surface area contributed by atoms with Crippen LogP contribution in [0.2, 0.25) is 5.02 Å². The molecule has 1 heterocycles. The lowest BCUT2D eigenvalue weighted by Gasteiger charge is -2.18. The molecule has 100 valence electrons. The highest BCUT2D eigenvalue weighted by Gasteiger charge is 2.52. The molecule has 5 heteroatoms. The van der Waals surface area contributed by atoms with Gasteiger partial charge in [-0.2, -0.15) is 0 Å². The Morgan fingerprint density at radius 2 is 1.79 bits per heavy atom. The van der Waals surface area contributed by atoms with E-state index in [1.165, 1.54) is 4.90 Å². The SMILES string of the molecule is CC1CC2C(=O)N(c3cc(N)ccc3Cl)C(=O)C2C1. The van der Waals surface area contributed by atoms with Gasteiger partial charge < -0.3 is 5.73 Å². The van der Waals surface area contributed by atoms with Crippen molar-refractivity contribution in [2.75, 3.05) is 10.6 Å². The van der Waals surface area contributed by atoms with Crippen molar-refractivity contribution in [1.29, 1.82) is 0 Å². The topological polar surface area (TPSA) is 63.4 Å². The van der Waals surface area contributed by atoms with Crippen LogP contribution in [-0.4, -0.2) is 11.8 Å². The Bertz CT molecular complexity index is 549. The molecule has 2 fully saturated rings. The van der Waals surface area contributed by atoms with Gasteiger partial charge in [-0.05, 0) is 37.0 Å². The van der Waals surface area contributed by atoms with E-state index in [4.69, 9.17) is 17.3 Å². The molecule has 2 amide bonds. The third-order valence-electron chi connectivity index (χ3n) is 4.08. The number of carbonyl (C=O) groups is 2. The zero-order chi connectivity index (χ0) is 13.7. The maximum absolute atomic E-state index is 12.4. The Morgan fingerprint density at radius 3 is 2.37 bits per heavy atom. The number of nitrogens with two attached hydrogens (primary N) is 1. The van der Waals surface area contributed by atoms with Gasteiger partial charge in [-0.15, -0.1) is 0 Å². The first kappa shape index (κ1) is 12.5. The molecule has 2 aliphatic rings. The average Bonchev–Trinajstić information content (AvgIpc) is 2.84. The normalized spacial score (nSPS) is 30.0. The lowest BCUT2D eigenvalue weighted by Crippen LogP contribution is -2.32. The van der Waals surface area contributed by atoms with Crippen molar-refractivity contribution in [3.63, 3.8) is 0 Å². The minimum Gasteiger partial charge on any atom is -0.399 e. The van der Waals surface area contributed by atoms with Crippen LogP contribution in [0, 0.1) is 17.8 Å². The molecule has 1 aromatic rings. The van der Waals surface area contributed by atoms with Crippen molar-refractivity contribution in [2.45, 2.75) is 19.8 Å². The molecule has 2 atom stereocenters. The van der Waals surface area contributed by atoms with Crippen molar-refractivity contribution >= 4 is 34.8 Å². The van der Waals surface area contributed by atoms with E-state index in [1.54, 1.807) is 18.2 Å². The number of halogens is 1. The van der Waals surface area contributed by atoms with Crippen LogP contribution in [0.5, 0.6) is 0 Å². The molecule has 0 spiro atoms. The average molecular weight is 279 g/mol. The van der Waals surface area contributed by atoms with Gasteiger partial charge in [0, 0.05) is 5.69 Å². The lowest BCUT2D eigenvalue weighted by atomic mass is 10.00. The van der Waals surface area contributed by atoms with Crippen molar-refractivity contribution < 1.29 is 9.59 Å². The number of nitrogen functional groups attached to an aromatic ring is 1. The highest BCUT2D eigenvalue weighted by atomic mass is 35.5. The molecule has 1 aromatic carbocycles. The molecule has 1 saturated heterocycles. The van der Waals surface area contributed by atoms with Crippen LogP contribution in [0.1, 0.15) is 19.8 Å². The third kappa shape index (κ3) is 1.82. The molecule has 4 nitrogen and oxygen atoms in total. The van der Waals surface area contributed by atoms with Gasteiger partial charge in [0.05, 0.1) is 22.5 Å². The smallest absolute Gasteiger partial charge is 0.237 e. The summed E-state index contributed by atoms with van der Waals surface area (Å²) in [6, 6.07) is 4.85. The second kappa shape index (κ2) is 4.23. The van der Waals surface area contributed by atoms with E-state index in [0.717, 1.165) is 12.8 Å². The lowest BCUT2D eigenvalue weighted by molar-refractivity contribution is -0.123. The number of hydrogen-bond donors (Lipinski definition) is 1. The van der Waals surface area contributed by atoms with E-state index in [-0.39, 0.29) is 23.7 Å². The molecule has 1 aliphatic heterocycles. The van der Waals surface area contributed by atoms with Crippen LogP contribution in [-0.2, 0) is 9.59 Å². The summed E-state index contributed by atoms with van der Waals surface area (Å²) >= 11 is 6.09. The monoisotopic (exact) mass is 278 g/mol. The summed E-state index contributed by atoms with van der Waals surface area (Å²) in [6.45, 7) is 2.08. The predicted molar refractivity (Wildman–Crippen MR) is 73.7 cm³/mol. The molecular formula is C14H15ClN2O2. The Hall–Kier alpha value is -1.55. The maximum atomic E-state index is 12.4. The first-order valence-corrected chi connectivity index (χ1v) is 6.79. The number of imide groups is 1. The molecule has 19 heavy (non-hydrogen) atoms. The van der Waals surface area contributed by atoms with Crippen LogP contribution in [0.3, 0.4) is 0 Å². The van der Waals surface area contributed by atoms with E-state index < -0.39 is 0 Å². The maximum Gasteiger partial charge on any atom is 0.237 e. The van der Waals surface area contributed by atoms with Crippen LogP contribution in [0.15, 0.2) is 18.2 Å². The van der Waals surface area contributed by atoms with Crippen molar-refractivity contribution in [1.82, 2.24) is 0 Å². The predicted octanol–water partition coefficient (Wildman–Crippen LogP) is 2.46. The number of rotatable bonds is 1. The van der Waals surface area contributed by atoms with Crippen LogP contribution in [0.4, 0.5) is 11.4 Å². The van der Waals surface area contributed by atoms with Gasteiger partial charge in [0.1, 0.15) is 0 Å². The molecular weight excluding hydrogens is 264 g/mol. The summed E-state index contributed by atoms with van der Waals surface area (Å²) in [5.41, 5.74) is 6.62. The van der Waals surface area contributed by atoms with Crippen molar-refractivity contribution in [3.05, 3.63) is 23.2 Å².